The van der Waals surface area contributed by atoms with Gasteiger partial charge in [-0.15, -0.1) is 0 Å². The van der Waals surface area contributed by atoms with Crippen LogP contribution in [0.5, 0.6) is 0 Å². The third-order valence-corrected chi connectivity index (χ3v) is 5.26. The first-order valence-corrected chi connectivity index (χ1v) is 8.54. The predicted octanol–water partition coefficient (Wildman–Crippen LogP) is 4.32. The minimum absolute atomic E-state index is 0.351. The molecule has 2 heteroatoms. The normalized spacial score (nSPS) is 24.5. The second-order valence-corrected chi connectivity index (χ2v) is 7.15. The fraction of sp³-hybridized carbons (Fsp3) is 0.684. The van der Waals surface area contributed by atoms with Gasteiger partial charge in [-0.05, 0) is 55.7 Å². The van der Waals surface area contributed by atoms with Crippen molar-refractivity contribution < 1.29 is 0 Å². The molecule has 118 valence electrons. The van der Waals surface area contributed by atoms with Crippen LogP contribution < -0.4 is 5.73 Å². The summed E-state index contributed by atoms with van der Waals surface area (Å²) in [6.45, 7) is 7.56. The molecule has 0 saturated heterocycles. The van der Waals surface area contributed by atoms with E-state index in [0.29, 0.717) is 24.5 Å². The summed E-state index contributed by atoms with van der Waals surface area (Å²) in [5.41, 5.74) is 8.87. The second kappa shape index (κ2) is 7.42. The van der Waals surface area contributed by atoms with Gasteiger partial charge in [0.2, 0.25) is 0 Å². The number of rotatable bonds is 5. The quantitative estimate of drug-likeness (QED) is 0.874. The zero-order valence-electron chi connectivity index (χ0n) is 14.2. The van der Waals surface area contributed by atoms with Crippen molar-refractivity contribution in [3.05, 3.63) is 35.4 Å². The highest BCUT2D eigenvalue weighted by molar-refractivity contribution is 5.27. The van der Waals surface area contributed by atoms with Crippen molar-refractivity contribution in [1.82, 2.24) is 4.90 Å². The first-order valence-electron chi connectivity index (χ1n) is 8.54. The Labute approximate surface area is 130 Å². The summed E-state index contributed by atoms with van der Waals surface area (Å²) in [5.74, 6) is 1.49. The SMILES string of the molecule is CC1CCC(N(C)C(CN)c2ccc(C(C)C)cc2)CC1. The maximum Gasteiger partial charge on any atom is 0.0470 e. The molecule has 1 aliphatic carbocycles. The summed E-state index contributed by atoms with van der Waals surface area (Å²) in [6, 6.07) is 10.1. The van der Waals surface area contributed by atoms with Crippen LogP contribution in [0.1, 0.15) is 69.5 Å². The van der Waals surface area contributed by atoms with Gasteiger partial charge in [0.25, 0.3) is 0 Å². The van der Waals surface area contributed by atoms with Crippen molar-refractivity contribution >= 4 is 0 Å². The van der Waals surface area contributed by atoms with E-state index in [4.69, 9.17) is 5.73 Å². The van der Waals surface area contributed by atoms with E-state index in [2.05, 4.69) is 57.0 Å². The van der Waals surface area contributed by atoms with E-state index in [9.17, 15) is 0 Å². The lowest BCUT2D eigenvalue weighted by atomic mass is 9.85. The molecule has 2 nitrogen and oxygen atoms in total. The summed E-state index contributed by atoms with van der Waals surface area (Å²) in [7, 11) is 2.26. The van der Waals surface area contributed by atoms with Crippen LogP contribution in [0.25, 0.3) is 0 Å². The molecule has 1 fully saturated rings. The van der Waals surface area contributed by atoms with Crippen molar-refractivity contribution in [3.8, 4) is 0 Å². The van der Waals surface area contributed by atoms with E-state index >= 15 is 0 Å². The lowest BCUT2D eigenvalue weighted by molar-refractivity contribution is 0.126. The number of likely N-dealkylation sites (N-methyl/N-ethyl adjacent to an activating group) is 1. The van der Waals surface area contributed by atoms with Crippen molar-refractivity contribution in [3.63, 3.8) is 0 Å². The standard InChI is InChI=1S/C19H32N2/c1-14(2)16-7-9-17(10-8-16)19(13-20)21(4)18-11-5-15(3)6-12-18/h7-10,14-15,18-19H,5-6,11-13,20H2,1-4H3. The van der Waals surface area contributed by atoms with Crippen molar-refractivity contribution in [1.29, 1.82) is 0 Å². The first-order chi connectivity index (χ1) is 10.0. The third-order valence-electron chi connectivity index (χ3n) is 5.26. The molecular weight excluding hydrogens is 256 g/mol. The molecule has 0 bridgehead atoms. The van der Waals surface area contributed by atoms with E-state index in [1.54, 1.807) is 0 Å². The lowest BCUT2D eigenvalue weighted by Gasteiger charge is -2.38. The molecule has 0 radical (unpaired) electrons. The summed E-state index contributed by atoms with van der Waals surface area (Å²) >= 11 is 0. The van der Waals surface area contributed by atoms with Gasteiger partial charge in [0.05, 0.1) is 0 Å². The topological polar surface area (TPSA) is 29.3 Å². The average Bonchev–Trinajstić information content (AvgIpc) is 2.49. The zero-order valence-corrected chi connectivity index (χ0v) is 14.2. The van der Waals surface area contributed by atoms with Crippen molar-refractivity contribution in [2.45, 2.75) is 64.5 Å². The van der Waals surface area contributed by atoms with Crippen LogP contribution >= 0.6 is 0 Å². The van der Waals surface area contributed by atoms with Crippen LogP contribution in [-0.2, 0) is 0 Å². The molecule has 1 aliphatic rings. The Morgan fingerprint density at radius 3 is 2.05 bits per heavy atom. The van der Waals surface area contributed by atoms with E-state index in [1.165, 1.54) is 36.8 Å². The Kier molecular flexibility index (Phi) is 5.83. The minimum atomic E-state index is 0.351. The Morgan fingerprint density at radius 1 is 1.05 bits per heavy atom. The smallest absolute Gasteiger partial charge is 0.0470 e. The summed E-state index contributed by atoms with van der Waals surface area (Å²) < 4.78 is 0. The van der Waals surface area contributed by atoms with Gasteiger partial charge in [0.15, 0.2) is 0 Å². The molecule has 0 spiro atoms. The zero-order chi connectivity index (χ0) is 15.4. The van der Waals surface area contributed by atoms with Crippen LogP contribution in [0.2, 0.25) is 0 Å². The molecule has 1 atom stereocenters. The highest BCUT2D eigenvalue weighted by Gasteiger charge is 2.26. The molecule has 1 saturated carbocycles. The maximum atomic E-state index is 6.10. The van der Waals surface area contributed by atoms with Crippen LogP contribution in [0, 0.1) is 5.92 Å². The van der Waals surface area contributed by atoms with E-state index < -0.39 is 0 Å². The van der Waals surface area contributed by atoms with E-state index in [1.807, 2.05) is 0 Å². The van der Waals surface area contributed by atoms with Gasteiger partial charge >= 0.3 is 0 Å². The number of hydrogen-bond donors (Lipinski definition) is 1. The molecule has 1 unspecified atom stereocenters. The fourth-order valence-corrected chi connectivity index (χ4v) is 3.54. The van der Waals surface area contributed by atoms with Gasteiger partial charge < -0.3 is 5.73 Å². The van der Waals surface area contributed by atoms with Crippen molar-refractivity contribution in [2.75, 3.05) is 13.6 Å². The van der Waals surface area contributed by atoms with E-state index in [0.717, 1.165) is 5.92 Å². The van der Waals surface area contributed by atoms with Gasteiger partial charge in [0, 0.05) is 18.6 Å². The largest absolute Gasteiger partial charge is 0.329 e. The predicted molar refractivity (Wildman–Crippen MR) is 91.5 cm³/mol. The van der Waals surface area contributed by atoms with Crippen LogP contribution in [0.4, 0.5) is 0 Å². The van der Waals surface area contributed by atoms with Gasteiger partial charge in [-0.1, -0.05) is 45.0 Å². The third kappa shape index (κ3) is 4.08. The Morgan fingerprint density at radius 2 is 1.57 bits per heavy atom. The first kappa shape index (κ1) is 16.5. The van der Waals surface area contributed by atoms with Gasteiger partial charge in [-0.25, -0.2) is 0 Å². The molecule has 0 aliphatic heterocycles. The Bertz CT molecular complexity index is 416. The van der Waals surface area contributed by atoms with E-state index in [-0.39, 0.29) is 0 Å². The molecular formula is C19H32N2. The number of hydrogen-bond acceptors (Lipinski definition) is 2. The minimum Gasteiger partial charge on any atom is -0.329 e. The molecule has 2 N–H and O–H groups in total. The van der Waals surface area contributed by atoms with Crippen LogP contribution in [0.3, 0.4) is 0 Å². The number of benzene rings is 1. The van der Waals surface area contributed by atoms with Gasteiger partial charge in [0.1, 0.15) is 0 Å². The average molecular weight is 288 g/mol. The molecule has 1 aromatic carbocycles. The summed E-state index contributed by atoms with van der Waals surface area (Å²) in [5, 5.41) is 0. The van der Waals surface area contributed by atoms with Gasteiger partial charge in [-0.3, -0.25) is 4.90 Å². The molecule has 0 aromatic heterocycles. The van der Waals surface area contributed by atoms with Crippen LogP contribution in [-0.4, -0.2) is 24.5 Å². The Balaban J connectivity index is 2.07. The van der Waals surface area contributed by atoms with Crippen molar-refractivity contribution in [2.24, 2.45) is 11.7 Å². The lowest BCUT2D eigenvalue weighted by Crippen LogP contribution is -2.40. The molecule has 1 aromatic rings. The van der Waals surface area contributed by atoms with Crippen LogP contribution in [0.15, 0.2) is 24.3 Å². The fourth-order valence-electron chi connectivity index (χ4n) is 3.54. The second-order valence-electron chi connectivity index (χ2n) is 7.15. The molecule has 0 amide bonds. The number of nitrogens with two attached hydrogens (primary N) is 1. The molecule has 0 heterocycles. The highest BCUT2D eigenvalue weighted by Crippen LogP contribution is 2.31. The number of nitrogens with zero attached hydrogens (tertiary/aromatic N) is 1. The van der Waals surface area contributed by atoms with Gasteiger partial charge in [-0.2, -0.15) is 0 Å². The monoisotopic (exact) mass is 288 g/mol. The summed E-state index contributed by atoms with van der Waals surface area (Å²) in [6.07, 6.45) is 5.35. The molecule has 21 heavy (non-hydrogen) atoms. The molecule has 2 rings (SSSR count). The Hall–Kier alpha value is -0.860. The summed E-state index contributed by atoms with van der Waals surface area (Å²) in [4.78, 5) is 2.52. The maximum absolute atomic E-state index is 6.10. The highest BCUT2D eigenvalue weighted by atomic mass is 15.2.